The van der Waals surface area contributed by atoms with Gasteiger partial charge in [0, 0.05) is 31.6 Å². The first-order valence-electron chi connectivity index (χ1n) is 9.23. The Morgan fingerprint density at radius 3 is 2.44 bits per heavy atom. The van der Waals surface area contributed by atoms with Crippen molar-refractivity contribution >= 4 is 10.0 Å². The van der Waals surface area contributed by atoms with Crippen molar-refractivity contribution in [2.45, 2.75) is 31.1 Å². The van der Waals surface area contributed by atoms with Crippen LogP contribution in [-0.4, -0.2) is 62.5 Å². The lowest BCUT2D eigenvalue weighted by Gasteiger charge is -2.26. The van der Waals surface area contributed by atoms with Crippen LogP contribution in [0.1, 0.15) is 26.5 Å². The van der Waals surface area contributed by atoms with Gasteiger partial charge in [-0.2, -0.15) is 5.10 Å². The van der Waals surface area contributed by atoms with Gasteiger partial charge in [0.1, 0.15) is 4.90 Å². The molecular weight excluding hydrogens is 364 g/mol. The third-order valence-electron chi connectivity index (χ3n) is 4.53. The molecule has 1 fully saturated rings. The summed E-state index contributed by atoms with van der Waals surface area (Å²) in [6, 6.07) is 9.54. The Balaban J connectivity index is 1.81. The van der Waals surface area contributed by atoms with Crippen molar-refractivity contribution in [3.63, 3.8) is 0 Å². The molecule has 1 N–H and O–H groups in total. The summed E-state index contributed by atoms with van der Waals surface area (Å²) in [7, 11) is -3.65. The molecule has 27 heavy (non-hydrogen) atoms. The van der Waals surface area contributed by atoms with Crippen molar-refractivity contribution in [3.8, 4) is 5.69 Å². The van der Waals surface area contributed by atoms with Gasteiger partial charge in [-0.05, 0) is 12.1 Å². The molecule has 0 atom stereocenters. The fourth-order valence-electron chi connectivity index (χ4n) is 3.03. The molecule has 1 saturated heterocycles. The SMILES string of the molecule is CC(C)(C)c1nn(-c2ccccc2)cc1S(=O)(=O)NCCN1CCOCC1. The van der Waals surface area contributed by atoms with Crippen molar-refractivity contribution in [3.05, 3.63) is 42.2 Å². The van der Waals surface area contributed by atoms with Gasteiger partial charge >= 0.3 is 0 Å². The molecule has 148 valence electrons. The van der Waals surface area contributed by atoms with Gasteiger partial charge in [-0.3, -0.25) is 4.90 Å². The largest absolute Gasteiger partial charge is 0.379 e. The average molecular weight is 393 g/mol. The molecule has 0 unspecified atom stereocenters. The van der Waals surface area contributed by atoms with E-state index < -0.39 is 15.4 Å². The second kappa shape index (κ2) is 8.10. The predicted octanol–water partition coefficient (Wildman–Crippen LogP) is 1.78. The standard InChI is InChI=1S/C19H28N4O3S/c1-19(2,3)18-17(15-23(21-18)16-7-5-4-6-8-16)27(24,25)20-9-10-22-11-13-26-14-12-22/h4-8,15,20H,9-14H2,1-3H3. The number of nitrogens with zero attached hydrogens (tertiary/aromatic N) is 3. The molecule has 0 saturated carbocycles. The van der Waals surface area contributed by atoms with E-state index in [1.807, 2.05) is 51.1 Å². The van der Waals surface area contributed by atoms with Gasteiger partial charge in [-0.1, -0.05) is 39.0 Å². The Hall–Kier alpha value is -1.74. The van der Waals surface area contributed by atoms with E-state index >= 15 is 0 Å². The van der Waals surface area contributed by atoms with Crippen LogP contribution in [0.15, 0.2) is 41.4 Å². The highest BCUT2D eigenvalue weighted by Crippen LogP contribution is 2.28. The zero-order valence-electron chi connectivity index (χ0n) is 16.2. The summed E-state index contributed by atoms with van der Waals surface area (Å²) in [5.41, 5.74) is 0.997. The summed E-state index contributed by atoms with van der Waals surface area (Å²) in [4.78, 5) is 2.44. The Bertz CT molecular complexity index is 851. The molecule has 0 spiro atoms. The Labute approximate surface area is 161 Å². The number of aromatic nitrogens is 2. The van der Waals surface area contributed by atoms with E-state index in [1.165, 1.54) is 0 Å². The topological polar surface area (TPSA) is 76.5 Å². The molecule has 1 aromatic heterocycles. The lowest BCUT2D eigenvalue weighted by Crippen LogP contribution is -2.41. The fourth-order valence-corrected chi connectivity index (χ4v) is 4.38. The van der Waals surface area contributed by atoms with Crippen LogP contribution in [0.2, 0.25) is 0 Å². The summed E-state index contributed by atoms with van der Waals surface area (Å²) >= 11 is 0. The van der Waals surface area contributed by atoms with Gasteiger partial charge in [0.25, 0.3) is 0 Å². The van der Waals surface area contributed by atoms with Gasteiger partial charge in [0.05, 0.1) is 30.8 Å². The number of rotatable bonds is 6. The van der Waals surface area contributed by atoms with Crippen molar-refractivity contribution in [1.29, 1.82) is 0 Å². The quantitative estimate of drug-likeness (QED) is 0.811. The number of hydrogen-bond acceptors (Lipinski definition) is 5. The maximum atomic E-state index is 13.0. The molecule has 8 heteroatoms. The van der Waals surface area contributed by atoms with Crippen molar-refractivity contribution in [2.75, 3.05) is 39.4 Å². The fraction of sp³-hybridized carbons (Fsp3) is 0.526. The van der Waals surface area contributed by atoms with Crippen LogP contribution < -0.4 is 4.72 Å². The summed E-state index contributed by atoms with van der Waals surface area (Å²) in [5.74, 6) is 0. The molecule has 1 aliphatic heterocycles. The lowest BCUT2D eigenvalue weighted by molar-refractivity contribution is 0.0390. The molecule has 7 nitrogen and oxygen atoms in total. The molecule has 0 aliphatic carbocycles. The highest BCUT2D eigenvalue weighted by molar-refractivity contribution is 7.89. The van der Waals surface area contributed by atoms with Crippen LogP contribution >= 0.6 is 0 Å². The molecule has 2 aromatic rings. The zero-order valence-corrected chi connectivity index (χ0v) is 17.0. The average Bonchev–Trinajstić information content (AvgIpc) is 3.10. The number of para-hydroxylation sites is 1. The normalized spacial score (nSPS) is 16.6. The third kappa shape index (κ3) is 4.95. The predicted molar refractivity (Wildman–Crippen MR) is 105 cm³/mol. The van der Waals surface area contributed by atoms with E-state index in [4.69, 9.17) is 4.74 Å². The Kier molecular flexibility index (Phi) is 6.00. The maximum absolute atomic E-state index is 13.0. The Morgan fingerprint density at radius 2 is 1.81 bits per heavy atom. The first kappa shape index (κ1) is 20.0. The van der Waals surface area contributed by atoms with E-state index in [9.17, 15) is 8.42 Å². The number of nitrogens with one attached hydrogen (secondary N) is 1. The third-order valence-corrected chi connectivity index (χ3v) is 5.99. The summed E-state index contributed by atoms with van der Waals surface area (Å²) in [6.07, 6.45) is 1.60. The van der Waals surface area contributed by atoms with Crippen LogP contribution in [0, 0.1) is 0 Å². The summed E-state index contributed by atoms with van der Waals surface area (Å²) in [6.45, 7) is 10.0. The van der Waals surface area contributed by atoms with E-state index in [1.54, 1.807) is 10.9 Å². The number of ether oxygens (including phenoxy) is 1. The molecular formula is C19H28N4O3S. The van der Waals surface area contributed by atoms with Gasteiger partial charge in [0.15, 0.2) is 0 Å². The minimum atomic E-state index is -3.65. The molecule has 0 radical (unpaired) electrons. The lowest BCUT2D eigenvalue weighted by atomic mass is 9.92. The number of morpholine rings is 1. The molecule has 0 amide bonds. The van der Waals surface area contributed by atoms with Crippen molar-refractivity contribution < 1.29 is 13.2 Å². The van der Waals surface area contributed by atoms with Crippen LogP contribution in [0.25, 0.3) is 5.69 Å². The van der Waals surface area contributed by atoms with E-state index in [2.05, 4.69) is 14.7 Å². The number of sulfonamides is 1. The minimum Gasteiger partial charge on any atom is -0.379 e. The second-order valence-corrected chi connectivity index (χ2v) is 9.46. The number of hydrogen-bond donors (Lipinski definition) is 1. The van der Waals surface area contributed by atoms with Gasteiger partial charge in [-0.15, -0.1) is 0 Å². The first-order valence-corrected chi connectivity index (χ1v) is 10.7. The molecule has 1 aromatic carbocycles. The summed E-state index contributed by atoms with van der Waals surface area (Å²) < 4.78 is 35.7. The van der Waals surface area contributed by atoms with Gasteiger partial charge < -0.3 is 4.74 Å². The molecule has 2 heterocycles. The molecule has 1 aliphatic rings. The maximum Gasteiger partial charge on any atom is 0.244 e. The van der Waals surface area contributed by atoms with Crippen molar-refractivity contribution in [2.24, 2.45) is 0 Å². The molecule has 3 rings (SSSR count). The van der Waals surface area contributed by atoms with E-state index in [0.717, 1.165) is 18.8 Å². The van der Waals surface area contributed by atoms with Crippen LogP contribution in [0.3, 0.4) is 0 Å². The van der Waals surface area contributed by atoms with Crippen molar-refractivity contribution in [1.82, 2.24) is 19.4 Å². The first-order chi connectivity index (χ1) is 12.8. The van der Waals surface area contributed by atoms with Gasteiger partial charge in [-0.25, -0.2) is 17.8 Å². The minimum absolute atomic E-state index is 0.237. The monoisotopic (exact) mass is 392 g/mol. The van der Waals surface area contributed by atoms with Crippen LogP contribution in [0.4, 0.5) is 0 Å². The smallest absolute Gasteiger partial charge is 0.244 e. The molecule has 0 bridgehead atoms. The van der Waals surface area contributed by atoms with E-state index in [-0.39, 0.29) is 4.90 Å². The highest BCUT2D eigenvalue weighted by atomic mass is 32.2. The van der Waals surface area contributed by atoms with Crippen LogP contribution in [-0.2, 0) is 20.2 Å². The second-order valence-electron chi connectivity index (χ2n) is 7.72. The van der Waals surface area contributed by atoms with E-state index in [0.29, 0.717) is 32.0 Å². The summed E-state index contributed by atoms with van der Waals surface area (Å²) in [5, 5.41) is 4.59. The number of benzene rings is 1. The zero-order chi connectivity index (χ0) is 19.5. The van der Waals surface area contributed by atoms with Gasteiger partial charge in [0.2, 0.25) is 10.0 Å². The highest BCUT2D eigenvalue weighted by Gasteiger charge is 2.30. The van der Waals surface area contributed by atoms with Crippen LogP contribution in [0.5, 0.6) is 0 Å². The Morgan fingerprint density at radius 1 is 1.15 bits per heavy atom.